The molecule has 3 heterocycles. The van der Waals surface area contributed by atoms with Crippen LogP contribution < -0.4 is 0 Å². The summed E-state index contributed by atoms with van der Waals surface area (Å²) < 4.78 is 8.77. The van der Waals surface area contributed by atoms with E-state index < -0.39 is 0 Å². The molecule has 0 aliphatic rings. The van der Waals surface area contributed by atoms with E-state index in [-0.39, 0.29) is 0 Å². The zero-order chi connectivity index (χ0) is 33.0. The van der Waals surface area contributed by atoms with E-state index in [4.69, 9.17) is 9.40 Å². The van der Waals surface area contributed by atoms with Crippen molar-refractivity contribution in [2.24, 2.45) is 0 Å². The lowest BCUT2D eigenvalue weighted by Gasteiger charge is -2.12. The second-order valence-electron chi connectivity index (χ2n) is 12.8. The van der Waals surface area contributed by atoms with Crippen molar-refractivity contribution in [1.29, 1.82) is 0 Å². The highest BCUT2D eigenvalue weighted by Crippen LogP contribution is 2.39. The van der Waals surface area contributed by atoms with Gasteiger partial charge in [0.25, 0.3) is 0 Å². The second kappa shape index (κ2) is 11.5. The third kappa shape index (κ3) is 4.71. The molecule has 3 heteroatoms. The lowest BCUT2D eigenvalue weighted by Crippen LogP contribution is -1.95. The zero-order valence-corrected chi connectivity index (χ0v) is 27.1. The summed E-state index contributed by atoms with van der Waals surface area (Å²) in [6.07, 6.45) is 0. The van der Waals surface area contributed by atoms with E-state index in [2.05, 4.69) is 168 Å². The molecule has 7 aromatic carbocycles. The number of furan rings is 1. The van der Waals surface area contributed by atoms with Gasteiger partial charge < -0.3 is 8.98 Å². The standard InChI is InChI=1S/C47H30N2O/c1-4-12-31(13-5-1)34-20-23-38-39-24-21-35(43-27-36(32-14-6-2-7-15-32)26-42(48-43)33-16-8-3-9-17-33)29-45(39)49(44(38)28-34)37-22-25-41-40-18-10-11-19-46(40)50-47(41)30-37/h1-30H. The number of pyridine rings is 1. The number of fused-ring (bicyclic) bond motifs is 6. The van der Waals surface area contributed by atoms with Crippen LogP contribution in [0.15, 0.2) is 186 Å². The van der Waals surface area contributed by atoms with E-state index in [1.54, 1.807) is 0 Å². The maximum Gasteiger partial charge on any atom is 0.137 e. The average Bonchev–Trinajstić information content (AvgIpc) is 3.73. The van der Waals surface area contributed by atoms with Gasteiger partial charge in [0.2, 0.25) is 0 Å². The van der Waals surface area contributed by atoms with Crippen molar-refractivity contribution in [1.82, 2.24) is 9.55 Å². The van der Waals surface area contributed by atoms with Crippen molar-refractivity contribution < 1.29 is 4.42 Å². The van der Waals surface area contributed by atoms with Gasteiger partial charge in [-0.15, -0.1) is 0 Å². The smallest absolute Gasteiger partial charge is 0.137 e. The maximum absolute atomic E-state index is 6.39. The Morgan fingerprint density at radius 2 is 0.860 bits per heavy atom. The van der Waals surface area contributed by atoms with Gasteiger partial charge in [0.15, 0.2) is 0 Å². The molecule has 0 aliphatic heterocycles. The predicted molar refractivity (Wildman–Crippen MR) is 208 cm³/mol. The first-order valence-corrected chi connectivity index (χ1v) is 17.0. The Balaban J connectivity index is 1.23. The molecule has 0 fully saturated rings. The summed E-state index contributed by atoms with van der Waals surface area (Å²) in [4.78, 5) is 5.26. The molecular formula is C47H30N2O. The molecule has 0 radical (unpaired) electrons. The van der Waals surface area contributed by atoms with Crippen molar-refractivity contribution in [2.45, 2.75) is 0 Å². The minimum atomic E-state index is 0.874. The molecular weight excluding hydrogens is 609 g/mol. The van der Waals surface area contributed by atoms with Crippen molar-refractivity contribution in [2.75, 3.05) is 0 Å². The van der Waals surface area contributed by atoms with E-state index in [1.165, 1.54) is 21.9 Å². The first-order valence-electron chi connectivity index (χ1n) is 17.0. The van der Waals surface area contributed by atoms with Crippen molar-refractivity contribution >= 4 is 43.7 Å². The number of benzene rings is 7. The first-order chi connectivity index (χ1) is 24.8. The third-order valence-electron chi connectivity index (χ3n) is 9.79. The van der Waals surface area contributed by atoms with Crippen molar-refractivity contribution in [3.8, 4) is 50.5 Å². The van der Waals surface area contributed by atoms with Crippen LogP contribution in [0.1, 0.15) is 0 Å². The van der Waals surface area contributed by atoms with Crippen molar-refractivity contribution in [3.05, 3.63) is 182 Å². The molecule has 0 bridgehead atoms. The van der Waals surface area contributed by atoms with Gasteiger partial charge >= 0.3 is 0 Å². The molecule has 0 N–H and O–H groups in total. The Morgan fingerprint density at radius 3 is 1.56 bits per heavy atom. The maximum atomic E-state index is 6.39. The van der Waals surface area contributed by atoms with Crippen LogP contribution in [0.2, 0.25) is 0 Å². The van der Waals surface area contributed by atoms with E-state index in [9.17, 15) is 0 Å². The van der Waals surface area contributed by atoms with Gasteiger partial charge in [0, 0.05) is 44.4 Å². The highest BCUT2D eigenvalue weighted by Gasteiger charge is 2.17. The monoisotopic (exact) mass is 638 g/mol. The van der Waals surface area contributed by atoms with Gasteiger partial charge in [0.1, 0.15) is 11.2 Å². The van der Waals surface area contributed by atoms with Crippen LogP contribution in [0.25, 0.3) is 94.2 Å². The van der Waals surface area contributed by atoms with Crippen molar-refractivity contribution in [3.63, 3.8) is 0 Å². The van der Waals surface area contributed by atoms with Crippen LogP contribution in [0, 0.1) is 0 Å². The molecule has 0 saturated heterocycles. The van der Waals surface area contributed by atoms with E-state index in [0.29, 0.717) is 0 Å². The largest absolute Gasteiger partial charge is 0.456 e. The molecule has 0 aliphatic carbocycles. The summed E-state index contributed by atoms with van der Waals surface area (Å²) in [6.45, 7) is 0. The van der Waals surface area contributed by atoms with Crippen LogP contribution in [0.5, 0.6) is 0 Å². The number of hydrogen-bond acceptors (Lipinski definition) is 2. The summed E-state index contributed by atoms with van der Waals surface area (Å²) in [6, 6.07) is 64.4. The summed E-state index contributed by atoms with van der Waals surface area (Å²) >= 11 is 0. The lowest BCUT2D eigenvalue weighted by atomic mass is 9.99. The Morgan fingerprint density at radius 1 is 0.340 bits per heavy atom. The van der Waals surface area contributed by atoms with Crippen LogP contribution in [0.4, 0.5) is 0 Å². The topological polar surface area (TPSA) is 31.0 Å². The van der Waals surface area contributed by atoms with Gasteiger partial charge in [-0.25, -0.2) is 4.98 Å². The van der Waals surface area contributed by atoms with Crippen LogP contribution >= 0.6 is 0 Å². The summed E-state index contributed by atoms with van der Waals surface area (Å²) in [5.41, 5.74) is 13.8. The molecule has 0 amide bonds. The minimum absolute atomic E-state index is 0.874. The Hall–Kier alpha value is -6.71. The fourth-order valence-corrected chi connectivity index (χ4v) is 7.35. The lowest BCUT2D eigenvalue weighted by molar-refractivity contribution is 0.668. The molecule has 10 rings (SSSR count). The fraction of sp³-hybridized carbons (Fsp3) is 0. The fourth-order valence-electron chi connectivity index (χ4n) is 7.35. The van der Waals surface area contributed by atoms with E-state index in [1.807, 2.05) is 18.2 Å². The van der Waals surface area contributed by atoms with E-state index >= 15 is 0 Å². The summed E-state index contributed by atoms with van der Waals surface area (Å²) in [7, 11) is 0. The van der Waals surface area contributed by atoms with Gasteiger partial charge in [-0.2, -0.15) is 0 Å². The Kier molecular flexibility index (Phi) is 6.49. The highest BCUT2D eigenvalue weighted by atomic mass is 16.3. The minimum Gasteiger partial charge on any atom is -0.456 e. The van der Waals surface area contributed by atoms with Gasteiger partial charge in [-0.05, 0) is 64.7 Å². The summed E-state index contributed by atoms with van der Waals surface area (Å²) in [5.74, 6) is 0. The normalized spacial score (nSPS) is 11.6. The Labute approximate surface area is 289 Å². The number of rotatable bonds is 5. The molecule has 0 atom stereocenters. The van der Waals surface area contributed by atoms with Crippen LogP contribution in [0.3, 0.4) is 0 Å². The average molecular weight is 639 g/mol. The first kappa shape index (κ1) is 28.3. The predicted octanol–water partition coefficient (Wildman–Crippen LogP) is 12.7. The summed E-state index contributed by atoms with van der Waals surface area (Å²) in [5, 5.41) is 4.64. The molecule has 3 aromatic heterocycles. The molecule has 234 valence electrons. The molecule has 10 aromatic rings. The van der Waals surface area contributed by atoms with Crippen LogP contribution in [-0.2, 0) is 0 Å². The highest BCUT2D eigenvalue weighted by molar-refractivity contribution is 6.12. The number of aromatic nitrogens is 2. The zero-order valence-electron chi connectivity index (χ0n) is 27.1. The number of para-hydroxylation sites is 1. The second-order valence-corrected chi connectivity index (χ2v) is 12.8. The Bertz CT molecular complexity index is 2790. The SMILES string of the molecule is c1ccc(-c2cc(-c3ccccc3)nc(-c3ccc4c5ccc(-c6ccccc6)cc5n(-c5ccc6c(c5)oc5ccccc56)c4c3)c2)cc1. The van der Waals surface area contributed by atoms with Gasteiger partial charge in [-0.1, -0.05) is 133 Å². The molecule has 3 nitrogen and oxygen atoms in total. The molecule has 0 saturated carbocycles. The number of nitrogens with zero attached hydrogens (tertiary/aromatic N) is 2. The number of hydrogen-bond donors (Lipinski definition) is 0. The van der Waals surface area contributed by atoms with Gasteiger partial charge in [-0.3, -0.25) is 0 Å². The quantitative estimate of drug-likeness (QED) is 0.188. The van der Waals surface area contributed by atoms with Crippen LogP contribution in [-0.4, -0.2) is 9.55 Å². The third-order valence-corrected chi connectivity index (χ3v) is 9.79. The molecule has 0 spiro atoms. The molecule has 0 unspecified atom stereocenters. The molecule has 50 heavy (non-hydrogen) atoms. The van der Waals surface area contributed by atoms with Gasteiger partial charge in [0.05, 0.1) is 22.4 Å². The van der Waals surface area contributed by atoms with E-state index in [0.717, 1.165) is 72.3 Å².